The summed E-state index contributed by atoms with van der Waals surface area (Å²) in [5.74, 6) is -3.58. The van der Waals surface area contributed by atoms with Gasteiger partial charge in [0, 0.05) is 13.0 Å². The van der Waals surface area contributed by atoms with Crippen molar-refractivity contribution in [3.63, 3.8) is 0 Å². The zero-order valence-corrected chi connectivity index (χ0v) is 26.8. The van der Waals surface area contributed by atoms with Crippen molar-refractivity contribution >= 4 is 29.6 Å². The number of likely N-dealkylation sites (tertiary alicyclic amines) is 1. The number of hydrogen-bond donors (Lipinski definition) is 6. The summed E-state index contributed by atoms with van der Waals surface area (Å²) in [6.45, 7) is 11.5. The number of carbonyl (C=O) groups excluding carboxylic acids is 4. The van der Waals surface area contributed by atoms with E-state index in [9.17, 15) is 34.2 Å². The van der Waals surface area contributed by atoms with Crippen molar-refractivity contribution in [1.82, 2.24) is 20.9 Å². The van der Waals surface area contributed by atoms with Gasteiger partial charge in [-0.2, -0.15) is 0 Å². The first kappa shape index (κ1) is 36.5. The Morgan fingerprint density at radius 1 is 0.909 bits per heavy atom. The third-order valence-corrected chi connectivity index (χ3v) is 8.50. The SMILES string of the molecule is CC[C@@H](C)[C@@H](N)C(=O)N1CCC[C@H]1C(=O)N[C@@H](Cc1ccc(O)cc1)C(=O)N[C@@H](C(=O)N[C@@H](CC(C)C)C(=O)O)[C@H](C)CC. The number of nitrogens with zero attached hydrogens (tertiary/aromatic N) is 1. The molecular weight excluding hydrogens is 566 g/mol. The third-order valence-electron chi connectivity index (χ3n) is 8.50. The summed E-state index contributed by atoms with van der Waals surface area (Å²) in [6, 6.07) is 1.34. The van der Waals surface area contributed by atoms with Crippen molar-refractivity contribution < 1.29 is 34.2 Å². The van der Waals surface area contributed by atoms with Crippen LogP contribution in [0.5, 0.6) is 5.75 Å². The number of rotatable bonds is 16. The fourth-order valence-electron chi connectivity index (χ4n) is 5.25. The van der Waals surface area contributed by atoms with Gasteiger partial charge in [0.2, 0.25) is 23.6 Å². The second-order valence-electron chi connectivity index (χ2n) is 12.4. The molecule has 1 fully saturated rings. The molecule has 0 bridgehead atoms. The highest BCUT2D eigenvalue weighted by Gasteiger charge is 2.39. The smallest absolute Gasteiger partial charge is 0.326 e. The molecule has 12 heteroatoms. The number of carboxylic acids is 1. The molecule has 2 rings (SSSR count). The maximum atomic E-state index is 13.8. The molecule has 7 atom stereocenters. The maximum Gasteiger partial charge on any atom is 0.326 e. The lowest BCUT2D eigenvalue weighted by Gasteiger charge is -2.31. The Labute approximate surface area is 260 Å². The molecule has 0 aromatic heterocycles. The first-order valence-corrected chi connectivity index (χ1v) is 15.7. The molecule has 4 amide bonds. The molecule has 0 aliphatic carbocycles. The summed E-state index contributed by atoms with van der Waals surface area (Å²) in [7, 11) is 0. The van der Waals surface area contributed by atoms with E-state index in [-0.39, 0.29) is 42.3 Å². The standard InChI is InChI=1S/C32H51N5O7/c1-7-19(5)26(33)31(42)37-15-9-10-25(37)29(40)34-23(17-21-11-13-22(38)14-12-21)28(39)36-27(20(6)8-2)30(41)35-24(32(43)44)16-18(3)4/h11-14,18-20,23-27,38H,7-10,15-17,33H2,1-6H3,(H,34,40)(H,35,41)(H,36,39)(H,43,44)/t19-,20-,23+,24+,25+,26-,27-/m1/s1. The van der Waals surface area contributed by atoms with Crippen molar-refractivity contribution in [2.24, 2.45) is 23.5 Å². The highest BCUT2D eigenvalue weighted by molar-refractivity contribution is 5.96. The molecule has 7 N–H and O–H groups in total. The molecule has 1 aliphatic heterocycles. The van der Waals surface area contributed by atoms with E-state index in [1.807, 2.05) is 34.6 Å². The molecule has 0 saturated carbocycles. The number of benzene rings is 1. The van der Waals surface area contributed by atoms with Crippen LogP contribution in [0.15, 0.2) is 24.3 Å². The van der Waals surface area contributed by atoms with Gasteiger partial charge in [-0.05, 0) is 54.7 Å². The minimum absolute atomic E-state index is 0.0136. The van der Waals surface area contributed by atoms with Crippen LogP contribution in [0.3, 0.4) is 0 Å². The largest absolute Gasteiger partial charge is 0.508 e. The molecule has 1 aromatic rings. The van der Waals surface area contributed by atoms with E-state index in [0.717, 1.165) is 0 Å². The fourth-order valence-corrected chi connectivity index (χ4v) is 5.25. The van der Waals surface area contributed by atoms with Gasteiger partial charge in [0.1, 0.15) is 29.9 Å². The zero-order valence-electron chi connectivity index (χ0n) is 26.8. The van der Waals surface area contributed by atoms with E-state index < -0.39 is 53.9 Å². The Bertz CT molecular complexity index is 1140. The molecular formula is C32H51N5O7. The van der Waals surface area contributed by atoms with Gasteiger partial charge in [0.15, 0.2) is 0 Å². The average molecular weight is 618 g/mol. The number of aliphatic carboxylic acids is 1. The topological polar surface area (TPSA) is 191 Å². The number of aromatic hydroxyl groups is 1. The normalized spacial score (nSPS) is 18.9. The van der Waals surface area contributed by atoms with Crippen molar-refractivity contribution in [2.45, 2.75) is 110 Å². The lowest BCUT2D eigenvalue weighted by Crippen LogP contribution is -2.60. The summed E-state index contributed by atoms with van der Waals surface area (Å²) in [5.41, 5.74) is 6.85. The maximum absolute atomic E-state index is 13.8. The molecule has 0 spiro atoms. The van der Waals surface area contributed by atoms with Gasteiger partial charge in [-0.15, -0.1) is 0 Å². The highest BCUT2D eigenvalue weighted by atomic mass is 16.4. The fraction of sp³-hybridized carbons (Fsp3) is 0.656. The van der Waals surface area contributed by atoms with Gasteiger partial charge in [-0.3, -0.25) is 19.2 Å². The van der Waals surface area contributed by atoms with E-state index in [1.54, 1.807) is 19.1 Å². The first-order valence-electron chi connectivity index (χ1n) is 15.7. The molecule has 12 nitrogen and oxygen atoms in total. The van der Waals surface area contributed by atoms with Crippen LogP contribution in [0.4, 0.5) is 0 Å². The average Bonchev–Trinajstić information content (AvgIpc) is 3.48. The molecule has 0 unspecified atom stereocenters. The number of phenolic OH excluding ortho intramolecular Hbond substituents is 1. The van der Waals surface area contributed by atoms with E-state index in [1.165, 1.54) is 17.0 Å². The van der Waals surface area contributed by atoms with Gasteiger partial charge in [0.05, 0.1) is 6.04 Å². The van der Waals surface area contributed by atoms with Crippen LogP contribution in [-0.4, -0.2) is 81.5 Å². The van der Waals surface area contributed by atoms with E-state index >= 15 is 0 Å². The number of nitrogens with one attached hydrogen (secondary N) is 3. The lowest BCUT2D eigenvalue weighted by atomic mass is 9.96. The number of carbonyl (C=O) groups is 5. The Hall–Kier alpha value is -3.67. The van der Waals surface area contributed by atoms with Gasteiger partial charge in [-0.1, -0.05) is 66.5 Å². The third kappa shape index (κ3) is 10.2. The Morgan fingerprint density at radius 2 is 1.52 bits per heavy atom. The highest BCUT2D eigenvalue weighted by Crippen LogP contribution is 2.21. The monoisotopic (exact) mass is 617 g/mol. The summed E-state index contributed by atoms with van der Waals surface area (Å²) >= 11 is 0. The van der Waals surface area contributed by atoms with E-state index in [4.69, 9.17) is 5.73 Å². The van der Waals surface area contributed by atoms with Crippen LogP contribution in [0.25, 0.3) is 0 Å². The quantitative estimate of drug-likeness (QED) is 0.162. The molecule has 1 saturated heterocycles. The second kappa shape index (κ2) is 17.0. The van der Waals surface area contributed by atoms with Crippen LogP contribution in [0, 0.1) is 17.8 Å². The number of phenols is 1. The minimum atomic E-state index is -1.16. The van der Waals surface area contributed by atoms with Crippen LogP contribution < -0.4 is 21.7 Å². The molecule has 0 radical (unpaired) electrons. The number of carboxylic acid groups (broad SMARTS) is 1. The summed E-state index contributed by atoms with van der Waals surface area (Å²) in [5, 5.41) is 27.5. The van der Waals surface area contributed by atoms with Crippen LogP contribution in [0.1, 0.15) is 79.2 Å². The Morgan fingerprint density at radius 3 is 2.07 bits per heavy atom. The molecule has 1 heterocycles. The van der Waals surface area contributed by atoms with Crippen LogP contribution in [-0.2, 0) is 30.4 Å². The van der Waals surface area contributed by atoms with Crippen molar-refractivity contribution in [1.29, 1.82) is 0 Å². The summed E-state index contributed by atoms with van der Waals surface area (Å²) in [6.07, 6.45) is 2.53. The van der Waals surface area contributed by atoms with Crippen LogP contribution in [0.2, 0.25) is 0 Å². The van der Waals surface area contributed by atoms with Crippen molar-refractivity contribution in [3.05, 3.63) is 29.8 Å². The molecule has 246 valence electrons. The Kier molecular flexibility index (Phi) is 14.1. The van der Waals surface area contributed by atoms with E-state index in [0.29, 0.717) is 37.8 Å². The summed E-state index contributed by atoms with van der Waals surface area (Å²) < 4.78 is 0. The van der Waals surface area contributed by atoms with Crippen LogP contribution >= 0.6 is 0 Å². The van der Waals surface area contributed by atoms with Gasteiger partial charge in [0.25, 0.3) is 0 Å². The molecule has 44 heavy (non-hydrogen) atoms. The van der Waals surface area contributed by atoms with Gasteiger partial charge in [-0.25, -0.2) is 4.79 Å². The molecule has 1 aliphatic rings. The van der Waals surface area contributed by atoms with Crippen molar-refractivity contribution in [2.75, 3.05) is 6.54 Å². The number of amides is 4. The van der Waals surface area contributed by atoms with Crippen molar-refractivity contribution in [3.8, 4) is 5.75 Å². The minimum Gasteiger partial charge on any atom is -0.508 e. The second-order valence-corrected chi connectivity index (χ2v) is 12.4. The van der Waals surface area contributed by atoms with Gasteiger partial charge >= 0.3 is 5.97 Å². The first-order chi connectivity index (χ1) is 20.7. The number of hydrogen-bond acceptors (Lipinski definition) is 7. The predicted molar refractivity (Wildman–Crippen MR) is 166 cm³/mol. The van der Waals surface area contributed by atoms with E-state index in [2.05, 4.69) is 16.0 Å². The van der Waals surface area contributed by atoms with Gasteiger partial charge < -0.3 is 36.8 Å². The Balaban J connectivity index is 2.32. The predicted octanol–water partition coefficient (Wildman–Crippen LogP) is 1.93. The summed E-state index contributed by atoms with van der Waals surface area (Å²) in [4.78, 5) is 67.2. The molecule has 1 aromatic carbocycles. The lowest BCUT2D eigenvalue weighted by molar-refractivity contribution is -0.143. The number of nitrogens with two attached hydrogens (primary N) is 1. The zero-order chi connectivity index (χ0) is 33.1.